The van der Waals surface area contributed by atoms with Gasteiger partial charge in [-0.3, -0.25) is 4.90 Å². The molecule has 1 aliphatic rings. The molecule has 0 unspecified atom stereocenters. The summed E-state index contributed by atoms with van der Waals surface area (Å²) in [6.45, 7) is 10.3. The van der Waals surface area contributed by atoms with E-state index in [-0.39, 0.29) is 18.2 Å². The number of carbonyl (C=O) groups excluding carboxylic acids is 1. The third-order valence-corrected chi connectivity index (χ3v) is 5.89. The topological polar surface area (TPSA) is 29.5 Å². The first kappa shape index (κ1) is 26.0. The van der Waals surface area contributed by atoms with Crippen molar-refractivity contribution in [3.8, 4) is 0 Å². The first-order valence-electron chi connectivity index (χ1n) is 12.5. The zero-order valence-corrected chi connectivity index (χ0v) is 20.2. The number of amides is 1. The van der Waals surface area contributed by atoms with E-state index in [0.717, 1.165) is 19.3 Å². The molecule has 0 saturated carbocycles. The van der Waals surface area contributed by atoms with E-state index in [1.807, 2.05) is 25.7 Å². The van der Waals surface area contributed by atoms with Crippen LogP contribution in [0, 0.1) is 0 Å². The average molecular weight is 408 g/mol. The summed E-state index contributed by atoms with van der Waals surface area (Å²) in [4.78, 5) is 14.6. The van der Waals surface area contributed by atoms with Gasteiger partial charge in [0.15, 0.2) is 0 Å². The molecule has 0 aromatic heterocycles. The van der Waals surface area contributed by atoms with Gasteiger partial charge in [-0.2, -0.15) is 0 Å². The van der Waals surface area contributed by atoms with Gasteiger partial charge in [0, 0.05) is 6.04 Å². The van der Waals surface area contributed by atoms with E-state index in [1.54, 1.807) is 0 Å². The van der Waals surface area contributed by atoms with Crippen LogP contribution in [0.4, 0.5) is 4.79 Å². The highest BCUT2D eigenvalue weighted by Gasteiger charge is 2.33. The Bertz CT molecular complexity index is 452. The Labute approximate surface area is 181 Å². The van der Waals surface area contributed by atoms with Crippen molar-refractivity contribution in [3.05, 3.63) is 12.2 Å². The Hall–Kier alpha value is -0.990. The Balaban J connectivity index is 2.19. The smallest absolute Gasteiger partial charge is 0.411 e. The molecule has 3 heteroatoms. The number of hydrogen-bond donors (Lipinski definition) is 0. The van der Waals surface area contributed by atoms with Gasteiger partial charge in [0.25, 0.3) is 0 Å². The predicted octanol–water partition coefficient (Wildman–Crippen LogP) is 8.42. The number of likely N-dealkylation sites (tertiary alicyclic amines) is 1. The van der Waals surface area contributed by atoms with E-state index in [0.29, 0.717) is 0 Å². The van der Waals surface area contributed by atoms with Crippen molar-refractivity contribution >= 4 is 6.09 Å². The van der Waals surface area contributed by atoms with Crippen molar-refractivity contribution in [2.75, 3.05) is 0 Å². The molecule has 0 spiro atoms. The minimum Gasteiger partial charge on any atom is -0.444 e. The second kappa shape index (κ2) is 14.9. The summed E-state index contributed by atoms with van der Waals surface area (Å²) in [7, 11) is 0. The number of allylic oxidation sites excluding steroid dienone is 1. The fourth-order valence-corrected chi connectivity index (χ4v) is 4.23. The Morgan fingerprint density at radius 2 is 1.48 bits per heavy atom. The molecule has 1 amide bonds. The summed E-state index contributed by atoms with van der Waals surface area (Å²) in [5.41, 5.74) is -0.433. The average Bonchev–Trinajstić information content (AvgIpc) is 2.64. The molecule has 3 nitrogen and oxygen atoms in total. The number of carbonyl (C=O) groups is 1. The molecular weight excluding hydrogens is 358 g/mol. The van der Waals surface area contributed by atoms with Crippen molar-refractivity contribution in [1.82, 2.24) is 4.90 Å². The van der Waals surface area contributed by atoms with Crippen LogP contribution < -0.4 is 0 Å². The van der Waals surface area contributed by atoms with Gasteiger partial charge in [-0.25, -0.2) is 4.79 Å². The molecule has 29 heavy (non-hydrogen) atoms. The number of rotatable bonds is 13. The van der Waals surface area contributed by atoms with E-state index in [1.165, 1.54) is 77.0 Å². The highest BCUT2D eigenvalue weighted by Crippen LogP contribution is 2.26. The van der Waals surface area contributed by atoms with E-state index < -0.39 is 5.60 Å². The molecule has 2 atom stereocenters. The second-order valence-corrected chi connectivity index (χ2v) is 9.99. The summed E-state index contributed by atoms with van der Waals surface area (Å²) in [5, 5.41) is 0. The highest BCUT2D eigenvalue weighted by molar-refractivity contribution is 5.69. The number of ether oxygens (including phenoxy) is 1. The maximum absolute atomic E-state index is 12.6. The maximum atomic E-state index is 12.6. The SMILES string of the molecule is CCCCCCCCCCCCC/C=C/[C@@H]1CCC[C@@H](C)N1C(=O)OC(C)(C)C. The van der Waals surface area contributed by atoms with Gasteiger partial charge in [0.05, 0.1) is 6.04 Å². The van der Waals surface area contributed by atoms with Crippen LogP contribution in [-0.2, 0) is 4.74 Å². The number of unbranched alkanes of at least 4 members (excludes halogenated alkanes) is 11. The van der Waals surface area contributed by atoms with Crippen LogP contribution in [-0.4, -0.2) is 28.7 Å². The Morgan fingerprint density at radius 3 is 2.03 bits per heavy atom. The molecule has 0 aliphatic carbocycles. The van der Waals surface area contributed by atoms with Gasteiger partial charge in [-0.05, 0) is 59.8 Å². The van der Waals surface area contributed by atoms with Gasteiger partial charge in [0.2, 0.25) is 0 Å². The predicted molar refractivity (Wildman–Crippen MR) is 125 cm³/mol. The van der Waals surface area contributed by atoms with Crippen LogP contribution in [0.15, 0.2) is 12.2 Å². The lowest BCUT2D eigenvalue weighted by Gasteiger charge is -2.40. The van der Waals surface area contributed by atoms with Crippen LogP contribution in [0.5, 0.6) is 0 Å². The first-order valence-corrected chi connectivity index (χ1v) is 12.5. The van der Waals surface area contributed by atoms with Crippen LogP contribution in [0.2, 0.25) is 0 Å². The zero-order chi connectivity index (χ0) is 21.5. The van der Waals surface area contributed by atoms with Crippen LogP contribution >= 0.6 is 0 Å². The normalized spacial score (nSPS) is 20.4. The molecule has 0 N–H and O–H groups in total. The third-order valence-electron chi connectivity index (χ3n) is 5.89. The van der Waals surface area contributed by atoms with Crippen molar-refractivity contribution < 1.29 is 9.53 Å². The van der Waals surface area contributed by atoms with Crippen LogP contribution in [0.3, 0.4) is 0 Å². The van der Waals surface area contributed by atoms with E-state index >= 15 is 0 Å². The summed E-state index contributed by atoms with van der Waals surface area (Å²) < 4.78 is 5.65. The molecule has 0 radical (unpaired) electrons. The number of piperidine rings is 1. The van der Waals surface area contributed by atoms with Crippen molar-refractivity contribution in [2.24, 2.45) is 0 Å². The molecule has 1 heterocycles. The van der Waals surface area contributed by atoms with Gasteiger partial charge >= 0.3 is 6.09 Å². The molecule has 1 rings (SSSR count). The van der Waals surface area contributed by atoms with Gasteiger partial charge < -0.3 is 4.74 Å². The summed E-state index contributed by atoms with van der Waals surface area (Å²) in [5.74, 6) is 0. The molecule has 0 aromatic carbocycles. The van der Waals surface area contributed by atoms with Gasteiger partial charge in [-0.1, -0.05) is 83.3 Å². The van der Waals surface area contributed by atoms with E-state index in [4.69, 9.17) is 4.74 Å². The largest absolute Gasteiger partial charge is 0.444 e. The van der Waals surface area contributed by atoms with E-state index in [9.17, 15) is 4.79 Å². The number of nitrogens with zero attached hydrogens (tertiary/aromatic N) is 1. The Kier molecular flexibility index (Phi) is 13.4. The lowest BCUT2D eigenvalue weighted by Crippen LogP contribution is -2.49. The molecule has 1 aliphatic heterocycles. The molecule has 1 fully saturated rings. The maximum Gasteiger partial charge on any atom is 0.411 e. The fourth-order valence-electron chi connectivity index (χ4n) is 4.23. The minimum atomic E-state index is -0.433. The molecule has 170 valence electrons. The molecular formula is C26H49NO2. The van der Waals surface area contributed by atoms with E-state index in [2.05, 4.69) is 26.0 Å². The molecule has 1 saturated heterocycles. The lowest BCUT2D eigenvalue weighted by atomic mass is 9.96. The number of hydrogen-bond acceptors (Lipinski definition) is 2. The van der Waals surface area contributed by atoms with Crippen LogP contribution in [0.25, 0.3) is 0 Å². The Morgan fingerprint density at radius 1 is 0.931 bits per heavy atom. The standard InChI is InChI=1S/C26H49NO2/c1-6-7-8-9-10-11-12-13-14-15-16-17-18-21-24-22-19-20-23(2)27(24)25(28)29-26(3,4)5/h18,21,23-24H,6-17,19-20,22H2,1-5H3/b21-18+/t23-,24-/m1/s1. The van der Waals surface area contributed by atoms with Crippen molar-refractivity contribution in [1.29, 1.82) is 0 Å². The second-order valence-electron chi connectivity index (χ2n) is 9.99. The summed E-state index contributed by atoms with van der Waals surface area (Å²) in [6, 6.07) is 0.455. The molecule has 0 bridgehead atoms. The minimum absolute atomic E-state index is 0.158. The first-order chi connectivity index (χ1) is 13.8. The monoisotopic (exact) mass is 407 g/mol. The van der Waals surface area contributed by atoms with Crippen molar-refractivity contribution in [3.63, 3.8) is 0 Å². The summed E-state index contributed by atoms with van der Waals surface area (Å²) in [6.07, 6.45) is 24.1. The van der Waals surface area contributed by atoms with Gasteiger partial charge in [0.1, 0.15) is 5.60 Å². The van der Waals surface area contributed by atoms with Gasteiger partial charge in [-0.15, -0.1) is 0 Å². The highest BCUT2D eigenvalue weighted by atomic mass is 16.6. The van der Waals surface area contributed by atoms with Crippen LogP contribution in [0.1, 0.15) is 131 Å². The van der Waals surface area contributed by atoms with Crippen molar-refractivity contribution in [2.45, 2.75) is 149 Å². The fraction of sp³-hybridized carbons (Fsp3) is 0.885. The molecule has 0 aromatic rings. The zero-order valence-electron chi connectivity index (χ0n) is 20.2. The summed E-state index contributed by atoms with van der Waals surface area (Å²) >= 11 is 0. The quantitative estimate of drug-likeness (QED) is 0.226. The third kappa shape index (κ3) is 12.3. The lowest BCUT2D eigenvalue weighted by molar-refractivity contribution is 0.00358.